The Bertz CT molecular complexity index is 912. The van der Waals surface area contributed by atoms with Crippen molar-refractivity contribution >= 4 is 23.9 Å². The van der Waals surface area contributed by atoms with Gasteiger partial charge in [-0.1, -0.05) is 41.6 Å². The summed E-state index contributed by atoms with van der Waals surface area (Å²) in [6.07, 6.45) is 3.25. The highest BCUT2D eigenvalue weighted by Crippen LogP contribution is 2.26. The van der Waals surface area contributed by atoms with Crippen LogP contribution in [0.3, 0.4) is 0 Å². The lowest BCUT2D eigenvalue weighted by molar-refractivity contribution is -0.133. The normalized spacial score (nSPS) is 11.3. The number of carboxylic acid groups (broad SMARTS) is 1. The lowest BCUT2D eigenvalue weighted by Crippen LogP contribution is -2.01. The maximum atomic E-state index is 10.9. The van der Waals surface area contributed by atoms with Gasteiger partial charge in [-0.25, -0.2) is 0 Å². The van der Waals surface area contributed by atoms with Gasteiger partial charge in [0.2, 0.25) is 5.16 Å². The molecule has 1 aromatic carbocycles. The number of carbonyl (C=O) groups is 1. The van der Waals surface area contributed by atoms with Crippen LogP contribution in [-0.2, 0) is 4.79 Å². The summed E-state index contributed by atoms with van der Waals surface area (Å²) < 4.78 is 6.86. The third-order valence-electron chi connectivity index (χ3n) is 3.44. The van der Waals surface area contributed by atoms with Crippen molar-refractivity contribution in [2.24, 2.45) is 5.10 Å². The minimum absolute atomic E-state index is 0.122. The number of nitrogens with zero attached hydrogens (tertiary/aromatic N) is 4. The van der Waals surface area contributed by atoms with E-state index in [4.69, 9.17) is 9.52 Å². The number of hydrogen-bond acceptors (Lipinski definition) is 6. The SMILES string of the molecule is Cc1ccc(/C=N\n2c(SCC(=O)O)nnc2-c2ccoc2C)cc1. The van der Waals surface area contributed by atoms with E-state index in [9.17, 15) is 4.79 Å². The van der Waals surface area contributed by atoms with E-state index in [-0.39, 0.29) is 5.75 Å². The first kappa shape index (κ1) is 17.0. The number of aromatic nitrogens is 3. The molecule has 0 amide bonds. The molecular formula is C17H16N4O3S. The molecule has 7 nitrogen and oxygen atoms in total. The number of benzene rings is 1. The lowest BCUT2D eigenvalue weighted by Gasteiger charge is -2.03. The number of furan rings is 1. The Morgan fingerprint density at radius 2 is 2.04 bits per heavy atom. The monoisotopic (exact) mass is 356 g/mol. The fourth-order valence-corrected chi connectivity index (χ4v) is 2.75. The number of carboxylic acids is 1. The predicted molar refractivity (Wildman–Crippen MR) is 95.0 cm³/mol. The van der Waals surface area contributed by atoms with Crippen molar-refractivity contribution in [2.45, 2.75) is 19.0 Å². The van der Waals surface area contributed by atoms with Gasteiger partial charge in [0.15, 0.2) is 5.82 Å². The quantitative estimate of drug-likeness (QED) is 0.538. The summed E-state index contributed by atoms with van der Waals surface area (Å²) >= 11 is 1.06. The van der Waals surface area contributed by atoms with Crippen LogP contribution in [0, 0.1) is 13.8 Å². The first-order valence-corrected chi connectivity index (χ1v) is 8.48. The summed E-state index contributed by atoms with van der Waals surface area (Å²) in [6, 6.07) is 9.68. The van der Waals surface area contributed by atoms with Gasteiger partial charge in [0.05, 0.1) is 23.8 Å². The summed E-state index contributed by atoms with van der Waals surface area (Å²) in [5.41, 5.74) is 2.84. The average Bonchev–Trinajstić information content (AvgIpc) is 3.18. The molecule has 0 spiro atoms. The van der Waals surface area contributed by atoms with E-state index >= 15 is 0 Å². The minimum atomic E-state index is -0.928. The minimum Gasteiger partial charge on any atom is -0.481 e. The van der Waals surface area contributed by atoms with E-state index in [0.717, 1.165) is 28.5 Å². The zero-order valence-corrected chi connectivity index (χ0v) is 14.5. The molecule has 3 aromatic rings. The molecule has 128 valence electrons. The van der Waals surface area contributed by atoms with Crippen LogP contribution in [0.2, 0.25) is 0 Å². The van der Waals surface area contributed by atoms with Crippen LogP contribution >= 0.6 is 11.8 Å². The molecular weight excluding hydrogens is 340 g/mol. The predicted octanol–water partition coefficient (Wildman–Crippen LogP) is 3.21. The van der Waals surface area contributed by atoms with Crippen LogP contribution in [0.1, 0.15) is 16.9 Å². The molecule has 3 rings (SSSR count). The van der Waals surface area contributed by atoms with Gasteiger partial charge >= 0.3 is 5.97 Å². The Morgan fingerprint density at radius 3 is 2.68 bits per heavy atom. The third-order valence-corrected chi connectivity index (χ3v) is 4.34. The molecule has 0 aliphatic rings. The van der Waals surface area contributed by atoms with E-state index in [2.05, 4.69) is 15.3 Å². The van der Waals surface area contributed by atoms with Crippen molar-refractivity contribution in [3.8, 4) is 11.4 Å². The van der Waals surface area contributed by atoms with Crippen molar-refractivity contribution in [1.29, 1.82) is 0 Å². The molecule has 0 radical (unpaired) electrons. The standard InChI is InChI=1S/C17H16N4O3S/c1-11-3-5-13(6-4-11)9-18-21-16(14-7-8-24-12(14)2)19-20-17(21)25-10-15(22)23/h3-9H,10H2,1-2H3,(H,22,23)/b18-9-. The maximum Gasteiger partial charge on any atom is 0.313 e. The summed E-state index contributed by atoms with van der Waals surface area (Å²) in [5.74, 6) is 0.141. The molecule has 0 bridgehead atoms. The Balaban J connectivity index is 1.98. The molecule has 25 heavy (non-hydrogen) atoms. The molecule has 0 aliphatic carbocycles. The fraction of sp³-hybridized carbons (Fsp3) is 0.176. The number of thioether (sulfide) groups is 1. The van der Waals surface area contributed by atoms with Gasteiger partial charge in [-0.3, -0.25) is 4.79 Å². The van der Waals surface area contributed by atoms with E-state index in [1.165, 1.54) is 4.68 Å². The molecule has 0 fully saturated rings. The highest BCUT2D eigenvalue weighted by Gasteiger charge is 2.18. The lowest BCUT2D eigenvalue weighted by atomic mass is 10.2. The summed E-state index contributed by atoms with van der Waals surface area (Å²) in [5, 5.41) is 22.0. The first-order valence-electron chi connectivity index (χ1n) is 7.50. The average molecular weight is 356 g/mol. The summed E-state index contributed by atoms with van der Waals surface area (Å²) in [6.45, 7) is 3.84. The van der Waals surface area contributed by atoms with Gasteiger partial charge in [-0.05, 0) is 25.5 Å². The molecule has 0 aliphatic heterocycles. The van der Waals surface area contributed by atoms with Gasteiger partial charge in [-0.2, -0.15) is 9.78 Å². The molecule has 0 saturated carbocycles. The Labute approximate surface area is 148 Å². The second kappa shape index (κ2) is 7.35. The van der Waals surface area contributed by atoms with Gasteiger partial charge in [0.25, 0.3) is 0 Å². The number of aliphatic carboxylic acids is 1. The molecule has 0 atom stereocenters. The molecule has 0 unspecified atom stereocenters. The van der Waals surface area contributed by atoms with Gasteiger partial charge in [0, 0.05) is 0 Å². The smallest absolute Gasteiger partial charge is 0.313 e. The van der Waals surface area contributed by atoms with Gasteiger partial charge in [-0.15, -0.1) is 10.2 Å². The third kappa shape index (κ3) is 3.97. The largest absolute Gasteiger partial charge is 0.481 e. The van der Waals surface area contributed by atoms with Crippen molar-refractivity contribution in [3.63, 3.8) is 0 Å². The van der Waals surface area contributed by atoms with E-state index in [1.54, 1.807) is 18.5 Å². The Morgan fingerprint density at radius 1 is 1.28 bits per heavy atom. The van der Waals surface area contributed by atoms with E-state index in [0.29, 0.717) is 16.7 Å². The van der Waals surface area contributed by atoms with Crippen molar-refractivity contribution < 1.29 is 14.3 Å². The summed E-state index contributed by atoms with van der Waals surface area (Å²) in [4.78, 5) is 10.9. The highest BCUT2D eigenvalue weighted by molar-refractivity contribution is 7.99. The maximum absolute atomic E-state index is 10.9. The van der Waals surface area contributed by atoms with Crippen LogP contribution in [0.4, 0.5) is 0 Å². The van der Waals surface area contributed by atoms with Crippen LogP contribution in [0.15, 0.2) is 51.3 Å². The molecule has 2 aromatic heterocycles. The van der Waals surface area contributed by atoms with Crippen LogP contribution in [0.5, 0.6) is 0 Å². The zero-order chi connectivity index (χ0) is 17.8. The van der Waals surface area contributed by atoms with Crippen LogP contribution in [0.25, 0.3) is 11.4 Å². The van der Waals surface area contributed by atoms with Crippen molar-refractivity contribution in [2.75, 3.05) is 5.75 Å². The van der Waals surface area contributed by atoms with Gasteiger partial charge < -0.3 is 9.52 Å². The van der Waals surface area contributed by atoms with Gasteiger partial charge in [0.1, 0.15) is 5.76 Å². The van der Waals surface area contributed by atoms with Crippen molar-refractivity contribution in [1.82, 2.24) is 14.9 Å². The first-order chi connectivity index (χ1) is 12.0. The number of hydrogen-bond donors (Lipinski definition) is 1. The zero-order valence-electron chi connectivity index (χ0n) is 13.7. The number of aryl methyl sites for hydroxylation is 2. The topological polar surface area (TPSA) is 93.5 Å². The second-order valence-electron chi connectivity index (χ2n) is 5.35. The Kier molecular flexibility index (Phi) is 4.99. The molecule has 2 heterocycles. The highest BCUT2D eigenvalue weighted by atomic mass is 32.2. The Hall–Kier alpha value is -2.87. The summed E-state index contributed by atoms with van der Waals surface area (Å²) in [7, 11) is 0. The molecule has 1 N–H and O–H groups in total. The fourth-order valence-electron chi connectivity index (χ4n) is 2.15. The van der Waals surface area contributed by atoms with E-state index < -0.39 is 5.97 Å². The van der Waals surface area contributed by atoms with Crippen molar-refractivity contribution in [3.05, 3.63) is 53.5 Å². The van der Waals surface area contributed by atoms with E-state index in [1.807, 2.05) is 38.1 Å². The molecule has 0 saturated heterocycles. The second-order valence-corrected chi connectivity index (χ2v) is 6.29. The molecule has 8 heteroatoms. The number of rotatable bonds is 6. The van der Waals surface area contributed by atoms with Crippen LogP contribution in [-0.4, -0.2) is 37.9 Å². The van der Waals surface area contributed by atoms with Crippen LogP contribution < -0.4 is 0 Å².